The number of benzene rings is 1. The van der Waals surface area contributed by atoms with Crippen molar-refractivity contribution in [2.75, 3.05) is 11.9 Å². The molecule has 4 heteroatoms. The molecule has 0 aliphatic rings. The Kier molecular flexibility index (Phi) is 22.8. The van der Waals surface area contributed by atoms with Gasteiger partial charge in [-0.2, -0.15) is 0 Å². The van der Waals surface area contributed by atoms with Gasteiger partial charge in [0.25, 0.3) is 0 Å². The van der Waals surface area contributed by atoms with Crippen LogP contribution in [0.4, 0.5) is 0 Å². The molecule has 1 aromatic carbocycles. The van der Waals surface area contributed by atoms with Gasteiger partial charge >= 0.3 is 0 Å². The number of rotatable bonds is 25. The summed E-state index contributed by atoms with van der Waals surface area (Å²) in [5.41, 5.74) is 1.23. The van der Waals surface area contributed by atoms with E-state index in [1.807, 2.05) is 6.92 Å². The molecule has 0 N–H and O–H groups in total. The fourth-order valence-electron chi connectivity index (χ4n) is 4.44. The van der Waals surface area contributed by atoms with Crippen LogP contribution in [-0.4, -0.2) is 30.4 Å². The van der Waals surface area contributed by atoms with Crippen molar-refractivity contribution in [2.24, 2.45) is 0 Å². The molecular weight excluding hydrogens is 512 g/mol. The molecule has 1 rings (SSSR count). The second kappa shape index (κ2) is 24.6. The number of ether oxygens (including phenoxy) is 3. The Hall–Kier alpha value is -0.680. The van der Waals surface area contributed by atoms with Crippen LogP contribution in [0.5, 0.6) is 0 Å². The number of halogens is 1. The first-order valence-electron chi connectivity index (χ1n) is 14.9. The predicted molar refractivity (Wildman–Crippen MR) is 159 cm³/mol. The Morgan fingerprint density at radius 2 is 1.42 bits per heavy atom. The van der Waals surface area contributed by atoms with Crippen molar-refractivity contribution in [3.05, 3.63) is 48.0 Å². The van der Waals surface area contributed by atoms with Gasteiger partial charge in [0.15, 0.2) is 6.29 Å². The molecule has 0 aliphatic heterocycles. The molecule has 0 heterocycles. The lowest BCUT2D eigenvalue weighted by Crippen LogP contribution is -2.29. The first kappa shape index (κ1) is 33.3. The SMILES string of the molecule is CCCCC/C=C/[C@H](C[C@@H](CCCCCCCCCCC)OCc1ccccc1)OC(CBr)OCC. The molecule has 0 aromatic heterocycles. The summed E-state index contributed by atoms with van der Waals surface area (Å²) in [7, 11) is 0. The molecule has 3 atom stereocenters. The molecule has 0 saturated heterocycles. The van der Waals surface area contributed by atoms with Crippen molar-refractivity contribution in [1.29, 1.82) is 0 Å². The van der Waals surface area contributed by atoms with Gasteiger partial charge in [-0.05, 0) is 31.7 Å². The predicted octanol–water partition coefficient (Wildman–Crippen LogP) is 10.2. The van der Waals surface area contributed by atoms with Gasteiger partial charge in [-0.1, -0.05) is 143 Å². The van der Waals surface area contributed by atoms with Crippen molar-refractivity contribution in [1.82, 2.24) is 0 Å². The van der Waals surface area contributed by atoms with Crippen LogP contribution in [0.15, 0.2) is 42.5 Å². The van der Waals surface area contributed by atoms with Crippen LogP contribution >= 0.6 is 15.9 Å². The van der Waals surface area contributed by atoms with Crippen molar-refractivity contribution in [3.8, 4) is 0 Å². The normalized spacial score (nSPS) is 14.3. The first-order valence-corrected chi connectivity index (χ1v) is 16.0. The second-order valence-corrected chi connectivity index (χ2v) is 10.6. The van der Waals surface area contributed by atoms with Crippen LogP contribution in [0.2, 0.25) is 0 Å². The van der Waals surface area contributed by atoms with Crippen LogP contribution in [0.1, 0.15) is 123 Å². The maximum absolute atomic E-state index is 6.48. The van der Waals surface area contributed by atoms with Crippen LogP contribution in [-0.2, 0) is 20.8 Å². The summed E-state index contributed by atoms with van der Waals surface area (Å²) >= 11 is 3.56. The van der Waals surface area contributed by atoms with Crippen molar-refractivity contribution in [2.45, 2.75) is 142 Å². The standard InChI is InChI=1S/C32H55BrO3/c1-4-7-9-11-12-13-14-16-20-24-30(35-28-29-22-18-17-19-23-29)26-31(25-21-15-10-8-5-2)36-32(27-33)34-6-3/h17-19,21-23,25,30-32H,4-16,20,24,26-28H2,1-3H3/b25-21+/t30-,31-,32?/m1/s1. The maximum atomic E-state index is 6.48. The molecule has 3 nitrogen and oxygen atoms in total. The van der Waals surface area contributed by atoms with E-state index in [0.29, 0.717) is 18.5 Å². The van der Waals surface area contributed by atoms with Gasteiger partial charge in [0.05, 0.1) is 24.1 Å². The highest BCUT2D eigenvalue weighted by molar-refractivity contribution is 9.09. The topological polar surface area (TPSA) is 27.7 Å². The molecule has 0 spiro atoms. The fourth-order valence-corrected chi connectivity index (χ4v) is 4.78. The zero-order chi connectivity index (χ0) is 26.1. The Morgan fingerprint density at radius 1 is 0.778 bits per heavy atom. The third-order valence-electron chi connectivity index (χ3n) is 6.58. The Morgan fingerprint density at radius 3 is 2.06 bits per heavy atom. The lowest BCUT2D eigenvalue weighted by molar-refractivity contribution is -0.151. The molecule has 1 unspecified atom stereocenters. The number of hydrogen-bond acceptors (Lipinski definition) is 3. The quantitative estimate of drug-likeness (QED) is 0.0509. The van der Waals surface area contributed by atoms with Gasteiger partial charge in [-0.3, -0.25) is 0 Å². The van der Waals surface area contributed by atoms with E-state index in [-0.39, 0.29) is 18.5 Å². The molecular formula is C32H55BrO3. The molecule has 1 aromatic rings. The highest BCUT2D eigenvalue weighted by Gasteiger charge is 2.20. The summed E-state index contributed by atoms with van der Waals surface area (Å²) in [5, 5.41) is 0.675. The molecule has 0 aliphatic carbocycles. The highest BCUT2D eigenvalue weighted by Crippen LogP contribution is 2.20. The monoisotopic (exact) mass is 566 g/mol. The Balaban J connectivity index is 2.65. The minimum absolute atomic E-state index is 0.0000607. The van der Waals surface area contributed by atoms with E-state index >= 15 is 0 Å². The van der Waals surface area contributed by atoms with Gasteiger partial charge < -0.3 is 14.2 Å². The van der Waals surface area contributed by atoms with Gasteiger partial charge in [0.2, 0.25) is 0 Å². The largest absolute Gasteiger partial charge is 0.373 e. The summed E-state index contributed by atoms with van der Waals surface area (Å²) in [6, 6.07) is 10.5. The number of alkyl halides is 1. The van der Waals surface area contributed by atoms with Crippen LogP contribution < -0.4 is 0 Å². The molecule has 0 fully saturated rings. The third kappa shape index (κ3) is 18.5. The van der Waals surface area contributed by atoms with E-state index in [9.17, 15) is 0 Å². The van der Waals surface area contributed by atoms with E-state index in [4.69, 9.17) is 14.2 Å². The van der Waals surface area contributed by atoms with Crippen LogP contribution in [0.3, 0.4) is 0 Å². The van der Waals surface area contributed by atoms with Gasteiger partial charge in [0, 0.05) is 13.0 Å². The average Bonchev–Trinajstić information content (AvgIpc) is 2.90. The minimum atomic E-state index is -0.234. The minimum Gasteiger partial charge on any atom is -0.373 e. The Bertz CT molecular complexity index is 607. The zero-order valence-corrected chi connectivity index (χ0v) is 25.2. The van der Waals surface area contributed by atoms with E-state index in [2.05, 4.69) is 72.3 Å². The first-order chi connectivity index (χ1) is 17.7. The number of allylic oxidation sites excluding steroid dienone is 1. The number of hydrogen-bond donors (Lipinski definition) is 0. The van der Waals surface area contributed by atoms with Crippen LogP contribution in [0.25, 0.3) is 0 Å². The summed E-state index contributed by atoms with van der Waals surface area (Å²) in [5.74, 6) is 0. The molecule has 0 bridgehead atoms. The van der Waals surface area contributed by atoms with E-state index in [0.717, 1.165) is 19.3 Å². The van der Waals surface area contributed by atoms with Gasteiger partial charge in [0.1, 0.15) is 0 Å². The third-order valence-corrected chi connectivity index (χ3v) is 7.11. The lowest BCUT2D eigenvalue weighted by atomic mass is 10.0. The van der Waals surface area contributed by atoms with Crippen LogP contribution in [0, 0.1) is 0 Å². The molecule has 0 radical (unpaired) electrons. The second-order valence-electron chi connectivity index (χ2n) is 9.91. The molecule has 0 saturated carbocycles. The van der Waals surface area contributed by atoms with Gasteiger partial charge in [-0.15, -0.1) is 0 Å². The van der Waals surface area contributed by atoms with E-state index in [1.54, 1.807) is 0 Å². The van der Waals surface area contributed by atoms with E-state index < -0.39 is 0 Å². The van der Waals surface area contributed by atoms with Gasteiger partial charge in [-0.25, -0.2) is 0 Å². The summed E-state index contributed by atoms with van der Waals surface area (Å²) in [6.07, 6.45) is 23.4. The molecule has 0 amide bonds. The maximum Gasteiger partial charge on any atom is 0.167 e. The van der Waals surface area contributed by atoms with E-state index in [1.165, 1.54) is 82.6 Å². The highest BCUT2D eigenvalue weighted by atomic mass is 79.9. The lowest BCUT2D eigenvalue weighted by Gasteiger charge is -2.26. The van der Waals surface area contributed by atoms with Crippen molar-refractivity contribution >= 4 is 15.9 Å². The average molecular weight is 568 g/mol. The van der Waals surface area contributed by atoms with Crippen molar-refractivity contribution < 1.29 is 14.2 Å². The zero-order valence-electron chi connectivity index (χ0n) is 23.6. The Labute approximate surface area is 231 Å². The summed E-state index contributed by atoms with van der Waals surface area (Å²) in [6.45, 7) is 7.85. The smallest absolute Gasteiger partial charge is 0.167 e. The molecule has 208 valence electrons. The molecule has 36 heavy (non-hydrogen) atoms. The summed E-state index contributed by atoms with van der Waals surface area (Å²) < 4.78 is 18.7. The number of unbranched alkanes of at least 4 members (excludes halogenated alkanes) is 11. The fraction of sp³-hybridized carbons (Fsp3) is 0.750. The summed E-state index contributed by atoms with van der Waals surface area (Å²) in [4.78, 5) is 0. The van der Waals surface area contributed by atoms with Crippen molar-refractivity contribution in [3.63, 3.8) is 0 Å².